The zero-order chi connectivity index (χ0) is 11.1. The van der Waals surface area contributed by atoms with Gasteiger partial charge in [-0.25, -0.2) is 0 Å². The highest BCUT2D eigenvalue weighted by molar-refractivity contribution is 4.83. The average Bonchev–Trinajstić information content (AvgIpc) is 2.21. The van der Waals surface area contributed by atoms with E-state index in [0.717, 1.165) is 18.0 Å². The first kappa shape index (κ1) is 14.0. The van der Waals surface area contributed by atoms with Gasteiger partial charge in [0.1, 0.15) is 0 Å². The molecule has 14 heavy (non-hydrogen) atoms. The molecular formula is C13H29N. The Morgan fingerprint density at radius 1 is 1.21 bits per heavy atom. The number of rotatable bonds is 2. The Morgan fingerprint density at radius 2 is 1.79 bits per heavy atom. The summed E-state index contributed by atoms with van der Waals surface area (Å²) in [5, 5.41) is 0. The zero-order valence-corrected chi connectivity index (χ0v) is 11.0. The van der Waals surface area contributed by atoms with E-state index in [0.29, 0.717) is 0 Å². The Kier molecular flexibility index (Phi) is 7.26. The van der Waals surface area contributed by atoms with Crippen LogP contribution in [-0.4, -0.2) is 24.0 Å². The summed E-state index contributed by atoms with van der Waals surface area (Å²) in [5.74, 6) is 0.823. The first-order valence-electron chi connectivity index (χ1n) is 6.38. The van der Waals surface area contributed by atoms with E-state index < -0.39 is 0 Å². The van der Waals surface area contributed by atoms with Gasteiger partial charge in [-0.05, 0) is 32.2 Å². The predicted molar refractivity (Wildman–Crippen MR) is 65.7 cm³/mol. The van der Waals surface area contributed by atoms with Crippen LogP contribution in [0.1, 0.15) is 60.3 Å². The van der Waals surface area contributed by atoms with Crippen molar-refractivity contribution in [3.05, 3.63) is 0 Å². The highest BCUT2D eigenvalue weighted by Gasteiger charge is 2.27. The molecule has 0 N–H and O–H groups in total. The van der Waals surface area contributed by atoms with E-state index in [4.69, 9.17) is 0 Å². The lowest BCUT2D eigenvalue weighted by atomic mass is 9.88. The quantitative estimate of drug-likeness (QED) is 0.651. The molecule has 0 aromatic heterocycles. The third kappa shape index (κ3) is 3.61. The van der Waals surface area contributed by atoms with Crippen LogP contribution >= 0.6 is 0 Å². The van der Waals surface area contributed by atoms with Gasteiger partial charge in [-0.15, -0.1) is 0 Å². The summed E-state index contributed by atoms with van der Waals surface area (Å²) in [6.07, 6.45) is 5.58. The van der Waals surface area contributed by atoms with Gasteiger partial charge in [0.25, 0.3) is 0 Å². The largest absolute Gasteiger partial charge is 0.300 e. The number of hydrogen-bond acceptors (Lipinski definition) is 1. The number of hydrogen-bond donors (Lipinski definition) is 0. The van der Waals surface area contributed by atoms with E-state index >= 15 is 0 Å². The molecule has 1 heterocycles. The van der Waals surface area contributed by atoms with E-state index in [1.54, 1.807) is 0 Å². The molecule has 1 aliphatic heterocycles. The molecule has 1 aliphatic rings. The summed E-state index contributed by atoms with van der Waals surface area (Å²) in [6, 6.07) is 1.69. The average molecular weight is 199 g/mol. The molecule has 0 aromatic carbocycles. The molecule has 1 nitrogen and oxygen atoms in total. The van der Waals surface area contributed by atoms with Gasteiger partial charge in [0.15, 0.2) is 0 Å². The molecular weight excluding hydrogens is 170 g/mol. The second-order valence-electron chi connectivity index (χ2n) is 4.47. The van der Waals surface area contributed by atoms with Gasteiger partial charge in [0.05, 0.1) is 0 Å². The molecule has 0 bridgehead atoms. The molecule has 1 fully saturated rings. The lowest BCUT2D eigenvalue weighted by Gasteiger charge is -2.41. The maximum Gasteiger partial charge on any atom is 0.0118 e. The Labute approximate surface area is 90.9 Å². The van der Waals surface area contributed by atoms with Crippen molar-refractivity contribution in [1.82, 2.24) is 4.90 Å². The minimum Gasteiger partial charge on any atom is -0.300 e. The standard InChI is InChI=1S/C11H23N.C2H6/c1-5-10-7-6-8-11(9(2)3)12(10)4;1-2/h9-11H,5-8H2,1-4H3;1-2H3. The van der Waals surface area contributed by atoms with Gasteiger partial charge >= 0.3 is 0 Å². The minimum atomic E-state index is 0.823. The number of nitrogens with zero attached hydrogens (tertiary/aromatic N) is 1. The van der Waals surface area contributed by atoms with E-state index in [1.807, 2.05) is 13.8 Å². The molecule has 0 aliphatic carbocycles. The van der Waals surface area contributed by atoms with E-state index in [9.17, 15) is 0 Å². The maximum atomic E-state index is 2.61. The molecule has 2 unspecified atom stereocenters. The first-order valence-corrected chi connectivity index (χ1v) is 6.38. The van der Waals surface area contributed by atoms with E-state index in [1.165, 1.54) is 25.7 Å². The van der Waals surface area contributed by atoms with Crippen molar-refractivity contribution in [3.8, 4) is 0 Å². The summed E-state index contributed by atoms with van der Waals surface area (Å²) >= 11 is 0. The predicted octanol–water partition coefficient (Wildman–Crippen LogP) is 3.93. The van der Waals surface area contributed by atoms with Crippen molar-refractivity contribution in [2.75, 3.05) is 7.05 Å². The van der Waals surface area contributed by atoms with Gasteiger partial charge in [0, 0.05) is 12.1 Å². The lowest BCUT2D eigenvalue weighted by Crippen LogP contribution is -2.46. The molecule has 0 saturated carbocycles. The van der Waals surface area contributed by atoms with Crippen molar-refractivity contribution in [3.63, 3.8) is 0 Å². The Morgan fingerprint density at radius 3 is 2.21 bits per heavy atom. The molecule has 1 rings (SSSR count). The summed E-state index contributed by atoms with van der Waals surface area (Å²) in [4.78, 5) is 2.61. The molecule has 0 radical (unpaired) electrons. The molecule has 1 saturated heterocycles. The third-order valence-electron chi connectivity index (χ3n) is 3.38. The highest BCUT2D eigenvalue weighted by atomic mass is 15.2. The van der Waals surface area contributed by atoms with Crippen LogP contribution in [0.25, 0.3) is 0 Å². The van der Waals surface area contributed by atoms with Crippen LogP contribution in [0.4, 0.5) is 0 Å². The van der Waals surface area contributed by atoms with Crippen LogP contribution in [0.15, 0.2) is 0 Å². The fourth-order valence-corrected chi connectivity index (χ4v) is 2.54. The smallest absolute Gasteiger partial charge is 0.0118 e. The Hall–Kier alpha value is -0.0400. The van der Waals surface area contributed by atoms with Crippen molar-refractivity contribution in [2.45, 2.75) is 72.4 Å². The molecule has 2 atom stereocenters. The van der Waals surface area contributed by atoms with Crippen molar-refractivity contribution in [2.24, 2.45) is 5.92 Å². The lowest BCUT2D eigenvalue weighted by molar-refractivity contribution is 0.0816. The van der Waals surface area contributed by atoms with Crippen LogP contribution in [-0.2, 0) is 0 Å². The number of piperidine rings is 1. The van der Waals surface area contributed by atoms with Crippen molar-refractivity contribution >= 4 is 0 Å². The SMILES string of the molecule is CC.CCC1CCCC(C(C)C)N1C. The van der Waals surface area contributed by atoms with Crippen molar-refractivity contribution in [1.29, 1.82) is 0 Å². The fourth-order valence-electron chi connectivity index (χ4n) is 2.54. The van der Waals surface area contributed by atoms with Crippen LogP contribution in [0.2, 0.25) is 0 Å². The second kappa shape index (κ2) is 7.28. The number of likely N-dealkylation sites (tertiary alicyclic amines) is 1. The van der Waals surface area contributed by atoms with Gasteiger partial charge in [-0.3, -0.25) is 0 Å². The van der Waals surface area contributed by atoms with Gasteiger partial charge in [0.2, 0.25) is 0 Å². The monoisotopic (exact) mass is 199 g/mol. The van der Waals surface area contributed by atoms with Crippen LogP contribution in [0.3, 0.4) is 0 Å². The first-order chi connectivity index (χ1) is 6.66. The Bertz CT molecular complexity index is 131. The van der Waals surface area contributed by atoms with Gasteiger partial charge < -0.3 is 4.90 Å². The third-order valence-corrected chi connectivity index (χ3v) is 3.38. The van der Waals surface area contributed by atoms with E-state index in [-0.39, 0.29) is 0 Å². The maximum absolute atomic E-state index is 2.61. The van der Waals surface area contributed by atoms with Crippen LogP contribution in [0, 0.1) is 5.92 Å². The van der Waals surface area contributed by atoms with E-state index in [2.05, 4.69) is 32.7 Å². The van der Waals surface area contributed by atoms with Crippen molar-refractivity contribution < 1.29 is 0 Å². The van der Waals surface area contributed by atoms with Gasteiger partial charge in [-0.1, -0.05) is 41.0 Å². The normalized spacial score (nSPS) is 28.5. The molecule has 86 valence electrons. The minimum absolute atomic E-state index is 0.823. The summed E-state index contributed by atoms with van der Waals surface area (Å²) in [7, 11) is 2.30. The molecule has 1 heteroatoms. The molecule has 0 spiro atoms. The second-order valence-corrected chi connectivity index (χ2v) is 4.47. The van der Waals surface area contributed by atoms with Crippen LogP contribution in [0.5, 0.6) is 0 Å². The van der Waals surface area contributed by atoms with Gasteiger partial charge in [-0.2, -0.15) is 0 Å². The zero-order valence-electron chi connectivity index (χ0n) is 11.0. The summed E-state index contributed by atoms with van der Waals surface area (Å²) < 4.78 is 0. The summed E-state index contributed by atoms with van der Waals surface area (Å²) in [5.41, 5.74) is 0. The summed E-state index contributed by atoms with van der Waals surface area (Å²) in [6.45, 7) is 11.0. The van der Waals surface area contributed by atoms with Crippen LogP contribution < -0.4 is 0 Å². The molecule has 0 aromatic rings. The Balaban J connectivity index is 0.000000791. The highest BCUT2D eigenvalue weighted by Crippen LogP contribution is 2.27. The topological polar surface area (TPSA) is 3.24 Å². The molecule has 0 amide bonds. The fraction of sp³-hybridized carbons (Fsp3) is 1.00.